The lowest BCUT2D eigenvalue weighted by Crippen LogP contribution is -2.10. The highest BCUT2D eigenvalue weighted by Crippen LogP contribution is 2.23. The van der Waals surface area contributed by atoms with Gasteiger partial charge in [-0.1, -0.05) is 15.9 Å². The normalized spacial score (nSPS) is 12.2. The molecule has 0 saturated heterocycles. The topological polar surface area (TPSA) is 46.5 Å². The van der Waals surface area contributed by atoms with Crippen molar-refractivity contribution in [2.24, 2.45) is 0 Å². The summed E-state index contributed by atoms with van der Waals surface area (Å²) in [6, 6.07) is 4.55. The van der Waals surface area contributed by atoms with E-state index in [1.54, 1.807) is 13.0 Å². The highest BCUT2D eigenvalue weighted by molar-refractivity contribution is 9.10. The Labute approximate surface area is 97.2 Å². The molecule has 3 nitrogen and oxygen atoms in total. The summed E-state index contributed by atoms with van der Waals surface area (Å²) in [6.45, 7) is 4.09. The van der Waals surface area contributed by atoms with Crippen molar-refractivity contribution in [3.05, 3.63) is 23.8 Å². The molecule has 1 N–H and O–H groups in total. The molecule has 0 bridgehead atoms. The van der Waals surface area contributed by atoms with Crippen LogP contribution in [0.3, 0.4) is 0 Å². The Balaban J connectivity index is 3.03. The van der Waals surface area contributed by atoms with Crippen molar-refractivity contribution in [1.82, 2.24) is 0 Å². The van der Waals surface area contributed by atoms with Gasteiger partial charge in [0.25, 0.3) is 0 Å². The van der Waals surface area contributed by atoms with E-state index in [9.17, 15) is 9.90 Å². The van der Waals surface area contributed by atoms with Gasteiger partial charge in [0.15, 0.2) is 5.78 Å². The zero-order valence-corrected chi connectivity index (χ0v) is 10.2. The van der Waals surface area contributed by atoms with Crippen molar-refractivity contribution in [1.29, 1.82) is 0 Å². The molecule has 1 aromatic rings. The second-order valence-electron chi connectivity index (χ2n) is 3.13. The number of alkyl halides is 1. The van der Waals surface area contributed by atoms with E-state index in [4.69, 9.17) is 4.74 Å². The quantitative estimate of drug-likeness (QED) is 0.677. The molecule has 4 heteroatoms. The summed E-state index contributed by atoms with van der Waals surface area (Å²) >= 11 is 3.19. The van der Waals surface area contributed by atoms with Crippen LogP contribution in [0.15, 0.2) is 18.2 Å². The molecule has 82 valence electrons. The Morgan fingerprint density at radius 1 is 1.53 bits per heavy atom. The van der Waals surface area contributed by atoms with E-state index < -0.39 is 0 Å². The minimum atomic E-state index is -0.270. The molecule has 0 aliphatic carbocycles. The van der Waals surface area contributed by atoms with Gasteiger partial charge < -0.3 is 9.84 Å². The lowest BCUT2D eigenvalue weighted by molar-refractivity contribution is 0.0995. The Kier molecular flexibility index (Phi) is 4.15. The SMILES string of the molecule is CCOc1cc(O)cc(C(=O)C(C)Br)c1. The van der Waals surface area contributed by atoms with Gasteiger partial charge in [-0.2, -0.15) is 0 Å². The number of phenols is 1. The molecule has 1 aromatic carbocycles. The van der Waals surface area contributed by atoms with Crippen molar-refractivity contribution >= 4 is 21.7 Å². The van der Waals surface area contributed by atoms with Crippen LogP contribution in [0.5, 0.6) is 11.5 Å². The molecule has 0 fully saturated rings. The highest BCUT2D eigenvalue weighted by Gasteiger charge is 2.13. The molecular formula is C11H13BrO3. The standard InChI is InChI=1S/C11H13BrO3/c1-3-15-10-5-8(4-9(13)6-10)11(14)7(2)12/h4-7,13H,3H2,1-2H3. The molecule has 15 heavy (non-hydrogen) atoms. The van der Waals surface area contributed by atoms with Crippen LogP contribution < -0.4 is 4.74 Å². The van der Waals surface area contributed by atoms with Crippen LogP contribution in [0.2, 0.25) is 0 Å². The number of Topliss-reactive ketones (excluding diaryl/α,β-unsaturated/α-hetero) is 1. The highest BCUT2D eigenvalue weighted by atomic mass is 79.9. The second-order valence-corrected chi connectivity index (χ2v) is 4.50. The van der Waals surface area contributed by atoms with E-state index in [1.165, 1.54) is 12.1 Å². The molecule has 0 aromatic heterocycles. The summed E-state index contributed by atoms with van der Waals surface area (Å²) in [4.78, 5) is 11.4. The van der Waals surface area contributed by atoms with Crippen LogP contribution in [-0.4, -0.2) is 22.3 Å². The molecule has 0 amide bonds. The van der Waals surface area contributed by atoms with E-state index in [2.05, 4.69) is 15.9 Å². The Hall–Kier alpha value is -1.03. The molecule has 0 saturated carbocycles. The number of halogens is 1. The smallest absolute Gasteiger partial charge is 0.176 e. The average molecular weight is 273 g/mol. The van der Waals surface area contributed by atoms with Crippen molar-refractivity contribution in [3.63, 3.8) is 0 Å². The number of hydrogen-bond acceptors (Lipinski definition) is 3. The van der Waals surface area contributed by atoms with Gasteiger partial charge in [0.2, 0.25) is 0 Å². The summed E-state index contributed by atoms with van der Waals surface area (Å²) in [5, 5.41) is 9.40. The summed E-state index contributed by atoms with van der Waals surface area (Å²) in [6.07, 6.45) is 0. The largest absolute Gasteiger partial charge is 0.508 e. The third kappa shape index (κ3) is 3.23. The third-order valence-corrected chi connectivity index (χ3v) is 2.26. The molecule has 0 heterocycles. The first-order valence-corrected chi connectivity index (χ1v) is 5.61. The second kappa shape index (κ2) is 5.16. The van der Waals surface area contributed by atoms with E-state index in [0.29, 0.717) is 17.9 Å². The maximum Gasteiger partial charge on any atom is 0.176 e. The first kappa shape index (κ1) is 12.0. The first-order valence-electron chi connectivity index (χ1n) is 4.69. The number of carbonyl (C=O) groups is 1. The van der Waals surface area contributed by atoms with Gasteiger partial charge in [-0.3, -0.25) is 4.79 Å². The zero-order valence-electron chi connectivity index (χ0n) is 8.66. The van der Waals surface area contributed by atoms with Gasteiger partial charge in [-0.05, 0) is 26.0 Å². The molecule has 0 aliphatic rings. The molecule has 1 atom stereocenters. The first-order chi connectivity index (χ1) is 7.04. The number of hydrogen-bond donors (Lipinski definition) is 1. The Morgan fingerprint density at radius 2 is 2.20 bits per heavy atom. The fraction of sp³-hybridized carbons (Fsp3) is 0.364. The van der Waals surface area contributed by atoms with Crippen molar-refractivity contribution in [3.8, 4) is 11.5 Å². The minimum Gasteiger partial charge on any atom is -0.508 e. The molecule has 1 unspecified atom stereocenters. The van der Waals surface area contributed by atoms with Gasteiger partial charge in [0, 0.05) is 11.6 Å². The fourth-order valence-electron chi connectivity index (χ4n) is 1.21. The number of phenolic OH excluding ortho intramolecular Hbond substituents is 1. The average Bonchev–Trinajstić information content (AvgIpc) is 2.16. The van der Waals surface area contributed by atoms with Gasteiger partial charge in [0.05, 0.1) is 11.4 Å². The summed E-state index contributed by atoms with van der Waals surface area (Å²) < 4.78 is 5.23. The van der Waals surface area contributed by atoms with E-state index in [1.807, 2.05) is 6.92 Å². The van der Waals surface area contributed by atoms with Crippen LogP contribution >= 0.6 is 15.9 Å². The molecular weight excluding hydrogens is 260 g/mol. The van der Waals surface area contributed by atoms with Crippen LogP contribution in [0.1, 0.15) is 24.2 Å². The van der Waals surface area contributed by atoms with Crippen LogP contribution in [0, 0.1) is 0 Å². The van der Waals surface area contributed by atoms with E-state index >= 15 is 0 Å². The van der Waals surface area contributed by atoms with Crippen LogP contribution in [0.4, 0.5) is 0 Å². The summed E-state index contributed by atoms with van der Waals surface area (Å²) in [7, 11) is 0. The fourth-order valence-corrected chi connectivity index (χ4v) is 1.47. The number of ether oxygens (including phenoxy) is 1. The predicted octanol–water partition coefficient (Wildman–Crippen LogP) is 2.76. The molecule has 0 aliphatic heterocycles. The summed E-state index contributed by atoms with van der Waals surface area (Å²) in [5.41, 5.74) is 0.447. The maximum atomic E-state index is 11.6. The van der Waals surface area contributed by atoms with Crippen molar-refractivity contribution < 1.29 is 14.6 Å². The van der Waals surface area contributed by atoms with Crippen LogP contribution in [-0.2, 0) is 0 Å². The van der Waals surface area contributed by atoms with Gasteiger partial charge >= 0.3 is 0 Å². The van der Waals surface area contributed by atoms with Crippen molar-refractivity contribution in [2.75, 3.05) is 6.61 Å². The van der Waals surface area contributed by atoms with E-state index in [-0.39, 0.29) is 16.4 Å². The lowest BCUT2D eigenvalue weighted by Gasteiger charge is -2.07. The molecule has 1 rings (SSSR count). The zero-order chi connectivity index (χ0) is 11.4. The Bertz CT molecular complexity index is 361. The van der Waals surface area contributed by atoms with Crippen LogP contribution in [0.25, 0.3) is 0 Å². The summed E-state index contributed by atoms with van der Waals surface area (Å²) in [5.74, 6) is 0.471. The third-order valence-electron chi connectivity index (χ3n) is 1.85. The van der Waals surface area contributed by atoms with Gasteiger partial charge in [0.1, 0.15) is 11.5 Å². The van der Waals surface area contributed by atoms with Crippen molar-refractivity contribution in [2.45, 2.75) is 18.7 Å². The monoisotopic (exact) mass is 272 g/mol. The molecule has 0 spiro atoms. The number of aromatic hydroxyl groups is 1. The Morgan fingerprint density at radius 3 is 2.73 bits per heavy atom. The number of carbonyl (C=O) groups excluding carboxylic acids is 1. The maximum absolute atomic E-state index is 11.6. The van der Waals surface area contributed by atoms with Gasteiger partial charge in [-0.15, -0.1) is 0 Å². The number of benzene rings is 1. The number of rotatable bonds is 4. The molecule has 0 radical (unpaired) electrons. The minimum absolute atomic E-state index is 0.0393. The van der Waals surface area contributed by atoms with E-state index in [0.717, 1.165) is 0 Å². The lowest BCUT2D eigenvalue weighted by atomic mass is 10.1. The number of ketones is 1. The predicted molar refractivity (Wildman–Crippen MR) is 62.0 cm³/mol. The van der Waals surface area contributed by atoms with Gasteiger partial charge in [-0.25, -0.2) is 0 Å².